The maximum absolute atomic E-state index is 11.1. The van der Waals surface area contributed by atoms with Crippen LogP contribution < -0.4 is 0 Å². The highest BCUT2D eigenvalue weighted by atomic mass is 32.2. The first-order chi connectivity index (χ1) is 8.47. The number of fused-ring (bicyclic) bond motifs is 1. The van der Waals surface area contributed by atoms with Crippen molar-refractivity contribution in [2.24, 2.45) is 0 Å². The molecule has 0 aliphatic heterocycles. The second-order valence-electron chi connectivity index (χ2n) is 4.36. The van der Waals surface area contributed by atoms with Crippen molar-refractivity contribution in [3.63, 3.8) is 0 Å². The maximum Gasteiger partial charge on any atom is 0.147 e. The zero-order chi connectivity index (χ0) is 13.2. The van der Waals surface area contributed by atoms with Crippen molar-refractivity contribution >= 4 is 20.7 Å². The summed E-state index contributed by atoms with van der Waals surface area (Å²) in [6, 6.07) is 9.27. The molecule has 1 aromatic carbocycles. The molecule has 1 aromatic heterocycles. The lowest BCUT2D eigenvalue weighted by Crippen LogP contribution is -2.09. The van der Waals surface area contributed by atoms with Crippen LogP contribution in [0.25, 0.3) is 10.9 Å². The molecule has 0 radical (unpaired) electrons. The maximum atomic E-state index is 11.1. The zero-order valence-corrected chi connectivity index (χ0v) is 10.9. The fraction of sp³-hybridized carbons (Fsp3) is 0.308. The van der Waals surface area contributed by atoms with Gasteiger partial charge in [0.25, 0.3) is 0 Å². The van der Waals surface area contributed by atoms with Crippen molar-refractivity contribution in [3.8, 4) is 0 Å². The van der Waals surface area contributed by atoms with Crippen molar-refractivity contribution in [2.75, 3.05) is 12.0 Å². The standard InChI is InChI=1S/C13H15NO3S/c1-18(16,17)9-7-12(15)11-6-2-4-10-5-3-8-14-13(10)11/h2-6,8,12,15H,7,9H2,1H3. The summed E-state index contributed by atoms with van der Waals surface area (Å²) in [5.74, 6) is -0.0304. The molecule has 0 fully saturated rings. The van der Waals surface area contributed by atoms with Crippen LogP contribution in [0.4, 0.5) is 0 Å². The van der Waals surface area contributed by atoms with E-state index in [1.165, 1.54) is 6.26 Å². The van der Waals surface area contributed by atoms with Gasteiger partial charge in [-0.2, -0.15) is 0 Å². The summed E-state index contributed by atoms with van der Waals surface area (Å²) in [7, 11) is -3.06. The second-order valence-corrected chi connectivity index (χ2v) is 6.62. The third kappa shape index (κ3) is 3.05. The number of sulfone groups is 1. The van der Waals surface area contributed by atoms with Crippen molar-refractivity contribution in [2.45, 2.75) is 12.5 Å². The minimum Gasteiger partial charge on any atom is -0.388 e. The highest BCUT2D eigenvalue weighted by Crippen LogP contribution is 2.24. The smallest absolute Gasteiger partial charge is 0.147 e. The monoisotopic (exact) mass is 265 g/mol. The van der Waals surface area contributed by atoms with Crippen LogP contribution in [0.15, 0.2) is 36.5 Å². The lowest BCUT2D eigenvalue weighted by Gasteiger charge is -2.12. The number of aliphatic hydroxyl groups is 1. The van der Waals surface area contributed by atoms with Gasteiger partial charge in [0, 0.05) is 23.4 Å². The van der Waals surface area contributed by atoms with Crippen molar-refractivity contribution < 1.29 is 13.5 Å². The first-order valence-electron chi connectivity index (χ1n) is 5.67. The van der Waals surface area contributed by atoms with Gasteiger partial charge in [-0.15, -0.1) is 0 Å². The first kappa shape index (κ1) is 13.0. The fourth-order valence-electron chi connectivity index (χ4n) is 1.88. The highest BCUT2D eigenvalue weighted by molar-refractivity contribution is 7.90. The number of hydrogen-bond donors (Lipinski definition) is 1. The summed E-state index contributed by atoms with van der Waals surface area (Å²) in [6.45, 7) is 0. The summed E-state index contributed by atoms with van der Waals surface area (Å²) in [6.07, 6.45) is 2.21. The van der Waals surface area contributed by atoms with E-state index in [9.17, 15) is 13.5 Å². The Bertz CT molecular complexity index is 647. The lowest BCUT2D eigenvalue weighted by atomic mass is 10.0. The van der Waals surface area contributed by atoms with Gasteiger partial charge in [-0.3, -0.25) is 4.98 Å². The van der Waals surface area contributed by atoms with Gasteiger partial charge in [-0.1, -0.05) is 24.3 Å². The Kier molecular flexibility index (Phi) is 3.63. The molecular weight excluding hydrogens is 250 g/mol. The average Bonchev–Trinajstić information content (AvgIpc) is 2.34. The Morgan fingerprint density at radius 2 is 2.00 bits per heavy atom. The quantitative estimate of drug-likeness (QED) is 0.913. The van der Waals surface area contributed by atoms with Crippen LogP contribution >= 0.6 is 0 Å². The minimum absolute atomic E-state index is 0.0304. The van der Waals surface area contributed by atoms with E-state index in [-0.39, 0.29) is 12.2 Å². The molecule has 0 aliphatic rings. The Morgan fingerprint density at radius 3 is 2.72 bits per heavy atom. The predicted octanol–water partition coefficient (Wildman–Crippen LogP) is 1.70. The molecule has 96 valence electrons. The van der Waals surface area contributed by atoms with Crippen LogP contribution in [0.2, 0.25) is 0 Å². The Morgan fingerprint density at radius 1 is 1.28 bits per heavy atom. The number of aromatic nitrogens is 1. The molecule has 4 nitrogen and oxygen atoms in total. The molecule has 1 N–H and O–H groups in total. The van der Waals surface area contributed by atoms with Crippen molar-refractivity contribution in [1.82, 2.24) is 4.98 Å². The third-order valence-electron chi connectivity index (χ3n) is 2.79. The molecule has 0 bridgehead atoms. The van der Waals surface area contributed by atoms with Gasteiger partial charge in [0.1, 0.15) is 9.84 Å². The molecule has 2 rings (SSSR count). The normalized spacial score (nSPS) is 13.7. The van der Waals surface area contributed by atoms with Crippen LogP contribution in [0.3, 0.4) is 0 Å². The average molecular weight is 265 g/mol. The molecular formula is C13H15NO3S. The lowest BCUT2D eigenvalue weighted by molar-refractivity contribution is 0.175. The fourth-order valence-corrected chi connectivity index (χ4v) is 2.53. The van der Waals surface area contributed by atoms with Gasteiger partial charge >= 0.3 is 0 Å². The Labute approximate surface area is 106 Å². The molecule has 5 heteroatoms. The van der Waals surface area contributed by atoms with Crippen molar-refractivity contribution in [1.29, 1.82) is 0 Å². The number of pyridine rings is 1. The van der Waals surface area contributed by atoms with Crippen molar-refractivity contribution in [3.05, 3.63) is 42.1 Å². The molecule has 0 saturated carbocycles. The van der Waals surface area contributed by atoms with Gasteiger partial charge in [-0.05, 0) is 12.5 Å². The summed E-state index contributed by atoms with van der Waals surface area (Å²) < 4.78 is 22.2. The molecule has 1 atom stereocenters. The van der Waals surface area contributed by atoms with E-state index in [0.717, 1.165) is 10.9 Å². The summed E-state index contributed by atoms with van der Waals surface area (Å²) in [5, 5.41) is 11.0. The molecule has 0 saturated heterocycles. The van der Waals surface area contributed by atoms with Gasteiger partial charge in [-0.25, -0.2) is 8.42 Å². The van der Waals surface area contributed by atoms with E-state index >= 15 is 0 Å². The SMILES string of the molecule is CS(=O)(=O)CCC(O)c1cccc2cccnc12. The zero-order valence-electron chi connectivity index (χ0n) is 10.1. The number of para-hydroxylation sites is 1. The number of hydrogen-bond acceptors (Lipinski definition) is 4. The molecule has 1 unspecified atom stereocenters. The number of nitrogens with zero attached hydrogens (tertiary/aromatic N) is 1. The summed E-state index contributed by atoms with van der Waals surface area (Å²) in [4.78, 5) is 4.24. The highest BCUT2D eigenvalue weighted by Gasteiger charge is 2.14. The van der Waals surface area contributed by atoms with Crippen LogP contribution in [0.5, 0.6) is 0 Å². The molecule has 0 spiro atoms. The van der Waals surface area contributed by atoms with E-state index in [4.69, 9.17) is 0 Å². The molecule has 18 heavy (non-hydrogen) atoms. The number of rotatable bonds is 4. The van der Waals surface area contributed by atoms with E-state index in [1.54, 1.807) is 12.3 Å². The van der Waals surface area contributed by atoms with Gasteiger partial charge < -0.3 is 5.11 Å². The van der Waals surface area contributed by atoms with Gasteiger partial charge in [0.15, 0.2) is 0 Å². The van der Waals surface area contributed by atoms with E-state index in [0.29, 0.717) is 5.56 Å². The first-order valence-corrected chi connectivity index (χ1v) is 7.73. The van der Waals surface area contributed by atoms with Gasteiger partial charge in [0.2, 0.25) is 0 Å². The van der Waals surface area contributed by atoms with E-state index < -0.39 is 15.9 Å². The van der Waals surface area contributed by atoms with Crippen LogP contribution in [-0.4, -0.2) is 30.5 Å². The summed E-state index contributed by atoms with van der Waals surface area (Å²) >= 11 is 0. The Hall–Kier alpha value is -1.46. The topological polar surface area (TPSA) is 67.3 Å². The third-order valence-corrected chi connectivity index (χ3v) is 3.76. The Balaban J connectivity index is 2.30. The van der Waals surface area contributed by atoms with Crippen LogP contribution in [-0.2, 0) is 9.84 Å². The second kappa shape index (κ2) is 5.04. The van der Waals surface area contributed by atoms with E-state index in [1.807, 2.05) is 24.3 Å². The predicted molar refractivity (Wildman–Crippen MR) is 71.0 cm³/mol. The number of aliphatic hydroxyl groups excluding tert-OH is 1. The van der Waals surface area contributed by atoms with Gasteiger partial charge in [0.05, 0.1) is 17.4 Å². The molecule has 1 heterocycles. The number of benzene rings is 1. The van der Waals surface area contributed by atoms with Crippen LogP contribution in [0.1, 0.15) is 18.1 Å². The molecule has 0 amide bonds. The molecule has 0 aliphatic carbocycles. The molecule has 2 aromatic rings. The van der Waals surface area contributed by atoms with Crippen LogP contribution in [0, 0.1) is 0 Å². The summed E-state index contributed by atoms with van der Waals surface area (Å²) in [5.41, 5.74) is 1.40. The largest absolute Gasteiger partial charge is 0.388 e. The van der Waals surface area contributed by atoms with E-state index in [2.05, 4.69) is 4.98 Å². The minimum atomic E-state index is -3.06.